The van der Waals surface area contributed by atoms with Gasteiger partial charge >= 0.3 is 0 Å². The van der Waals surface area contributed by atoms with Crippen molar-refractivity contribution in [3.8, 4) is 0 Å². The monoisotopic (exact) mass is 821 g/mol. The SMILES string of the molecule is CC(=O)N(CC(=O)N(CCCON(C)C1O[C@H](CO)[C@@H](O[C@@H]2O[C@H](CO)[C@H](O)[C@H](O)[C@H]2O)[C@H](O)[C@H]1O)CC(=O)N(CC(N)=O)Cc1ccccc1)Cc1ccccc1. The summed E-state index contributed by atoms with van der Waals surface area (Å²) in [6.07, 6.45) is -15.9. The number of hydrogen-bond acceptors (Lipinski definition) is 16. The number of hydrogen-bond donors (Lipinski definition) is 8. The molecule has 2 fully saturated rings. The molecule has 10 atom stereocenters. The molecule has 322 valence electrons. The third kappa shape index (κ3) is 12.7. The summed E-state index contributed by atoms with van der Waals surface area (Å²) in [7, 11) is 1.37. The number of ether oxygens (including phenoxy) is 3. The van der Waals surface area contributed by atoms with Crippen molar-refractivity contribution in [1.29, 1.82) is 0 Å². The number of benzene rings is 2. The first-order chi connectivity index (χ1) is 27.6. The number of nitrogens with zero attached hydrogens (tertiary/aromatic N) is 4. The molecule has 2 aromatic rings. The second-order valence-electron chi connectivity index (χ2n) is 14.1. The number of aliphatic hydroxyl groups excluding tert-OH is 7. The number of amides is 4. The average molecular weight is 822 g/mol. The summed E-state index contributed by atoms with van der Waals surface area (Å²) in [5.74, 6) is -2.26. The minimum Gasteiger partial charge on any atom is -0.394 e. The van der Waals surface area contributed by atoms with Gasteiger partial charge in [0.1, 0.15) is 55.4 Å². The molecule has 2 heterocycles. The van der Waals surface area contributed by atoms with Crippen molar-refractivity contribution in [1.82, 2.24) is 19.8 Å². The van der Waals surface area contributed by atoms with E-state index in [2.05, 4.69) is 0 Å². The van der Waals surface area contributed by atoms with Crippen molar-refractivity contribution in [3.63, 3.8) is 0 Å². The molecular formula is C38H55N5O15. The van der Waals surface area contributed by atoms with Crippen LogP contribution in [-0.2, 0) is 51.3 Å². The standard InChI is InChI=1S/C38H55N5O15/c1-23(46)42(16-24-10-5-3-6-11-24)20-29(48)41(19-30(49)43(18-28(39)47)17-25-12-7-4-8-13-25)14-9-15-55-40(2)37-34(53)33(52)36(27(22-45)56-37)58-38-35(54)32(51)31(50)26(21-44)57-38/h3-8,10-13,26-27,31-38,44-45,50-54H,9,14-22H2,1-2H3,(H2,39,47)/t26-,27-,31+,32+,33-,34-,35-,36-,37?,38+/m1/s1. The number of nitrogens with two attached hydrogens (primary N) is 1. The maximum absolute atomic E-state index is 13.8. The summed E-state index contributed by atoms with van der Waals surface area (Å²) in [5.41, 5.74) is 6.97. The third-order valence-electron chi connectivity index (χ3n) is 9.79. The zero-order valence-corrected chi connectivity index (χ0v) is 32.4. The Morgan fingerprint density at radius 3 is 1.79 bits per heavy atom. The number of carbonyl (C=O) groups excluding carboxylic acids is 4. The van der Waals surface area contributed by atoms with Gasteiger partial charge in [0, 0.05) is 33.6 Å². The maximum atomic E-state index is 13.8. The topological polar surface area (TPSA) is 286 Å². The minimum atomic E-state index is -1.82. The zero-order chi connectivity index (χ0) is 42.5. The Labute approximate surface area is 335 Å². The Hall–Kier alpha value is -4.16. The van der Waals surface area contributed by atoms with Crippen molar-refractivity contribution >= 4 is 23.6 Å². The van der Waals surface area contributed by atoms with Gasteiger partial charge in [-0.3, -0.25) is 24.0 Å². The number of hydroxylamine groups is 2. The highest BCUT2D eigenvalue weighted by Crippen LogP contribution is 2.30. The van der Waals surface area contributed by atoms with Crippen molar-refractivity contribution in [2.24, 2.45) is 5.73 Å². The van der Waals surface area contributed by atoms with Gasteiger partial charge in [-0.25, -0.2) is 0 Å². The van der Waals surface area contributed by atoms with Gasteiger partial charge in [-0.1, -0.05) is 60.7 Å². The van der Waals surface area contributed by atoms with E-state index >= 15 is 0 Å². The highest BCUT2D eigenvalue weighted by molar-refractivity contribution is 5.89. The molecule has 58 heavy (non-hydrogen) atoms. The predicted octanol–water partition coefficient (Wildman–Crippen LogP) is -3.74. The van der Waals surface area contributed by atoms with Crippen LogP contribution in [-0.4, -0.2) is 194 Å². The van der Waals surface area contributed by atoms with Crippen LogP contribution in [0.4, 0.5) is 0 Å². The normalized spacial score (nSPS) is 27.2. The largest absolute Gasteiger partial charge is 0.394 e. The molecular weight excluding hydrogens is 766 g/mol. The third-order valence-corrected chi connectivity index (χ3v) is 9.79. The van der Waals surface area contributed by atoms with Crippen LogP contribution in [0.5, 0.6) is 0 Å². The molecule has 0 saturated carbocycles. The Balaban J connectivity index is 1.41. The Morgan fingerprint density at radius 1 is 0.690 bits per heavy atom. The van der Waals surface area contributed by atoms with E-state index in [-0.39, 0.29) is 45.1 Å². The quantitative estimate of drug-likeness (QED) is 0.0471. The molecule has 20 heteroatoms. The molecule has 2 aliphatic heterocycles. The number of aliphatic hydroxyl groups is 7. The van der Waals surface area contributed by atoms with Crippen molar-refractivity contribution < 1.29 is 74.0 Å². The molecule has 9 N–H and O–H groups in total. The molecule has 0 aromatic heterocycles. The average Bonchev–Trinajstić information content (AvgIpc) is 3.20. The van der Waals surface area contributed by atoms with E-state index in [1.54, 1.807) is 42.5 Å². The molecule has 4 amide bonds. The fourth-order valence-corrected chi connectivity index (χ4v) is 6.53. The molecule has 2 aliphatic rings. The highest BCUT2D eigenvalue weighted by Gasteiger charge is 2.51. The van der Waals surface area contributed by atoms with Crippen LogP contribution in [0.1, 0.15) is 24.5 Å². The lowest BCUT2D eigenvalue weighted by molar-refractivity contribution is -0.366. The Morgan fingerprint density at radius 2 is 1.24 bits per heavy atom. The first-order valence-corrected chi connectivity index (χ1v) is 18.8. The van der Waals surface area contributed by atoms with E-state index in [1.165, 1.54) is 28.7 Å². The lowest BCUT2D eigenvalue weighted by Crippen LogP contribution is -2.66. The molecule has 2 aromatic carbocycles. The number of likely N-dealkylation sites (N-methyl/N-ethyl adjacent to an activating group) is 1. The van der Waals surface area contributed by atoms with Gasteiger partial charge in [-0.05, 0) is 17.5 Å². The zero-order valence-electron chi connectivity index (χ0n) is 32.4. The van der Waals surface area contributed by atoms with Gasteiger partial charge in [0.15, 0.2) is 12.5 Å². The van der Waals surface area contributed by atoms with Gasteiger partial charge < -0.3 is 70.4 Å². The van der Waals surface area contributed by atoms with Crippen molar-refractivity contribution in [3.05, 3.63) is 71.8 Å². The Kier molecular flexibility index (Phi) is 17.9. The summed E-state index contributed by atoms with van der Waals surface area (Å²) >= 11 is 0. The van der Waals surface area contributed by atoms with E-state index in [1.807, 2.05) is 18.2 Å². The molecule has 1 unspecified atom stereocenters. The number of rotatable bonds is 20. The second-order valence-corrected chi connectivity index (χ2v) is 14.1. The predicted molar refractivity (Wildman–Crippen MR) is 200 cm³/mol. The molecule has 0 bridgehead atoms. The van der Waals surface area contributed by atoms with Gasteiger partial charge in [0.25, 0.3) is 0 Å². The molecule has 4 rings (SSSR count). The minimum absolute atomic E-state index is 0.0466. The van der Waals surface area contributed by atoms with E-state index in [0.717, 1.165) is 16.2 Å². The fourth-order valence-electron chi connectivity index (χ4n) is 6.53. The highest BCUT2D eigenvalue weighted by atomic mass is 16.7. The van der Waals surface area contributed by atoms with Crippen LogP contribution in [0.15, 0.2) is 60.7 Å². The second kappa shape index (κ2) is 22.3. The lowest BCUT2D eigenvalue weighted by atomic mass is 9.96. The van der Waals surface area contributed by atoms with Gasteiger partial charge in [-0.2, -0.15) is 5.06 Å². The maximum Gasteiger partial charge on any atom is 0.242 e. The number of carbonyl (C=O) groups is 4. The summed E-state index contributed by atoms with van der Waals surface area (Å²) in [5, 5.41) is 73.3. The molecule has 2 saturated heterocycles. The van der Waals surface area contributed by atoms with Crippen LogP contribution < -0.4 is 5.73 Å². The first-order valence-electron chi connectivity index (χ1n) is 18.8. The molecule has 0 spiro atoms. The van der Waals surface area contributed by atoms with Crippen molar-refractivity contribution in [2.45, 2.75) is 87.8 Å². The van der Waals surface area contributed by atoms with Crippen LogP contribution in [0.25, 0.3) is 0 Å². The molecule has 0 radical (unpaired) electrons. The van der Waals surface area contributed by atoms with Crippen molar-refractivity contribution in [2.75, 3.05) is 53.0 Å². The fraction of sp³-hybridized carbons (Fsp3) is 0.579. The van der Waals surface area contributed by atoms with Crippen LogP contribution in [0, 0.1) is 0 Å². The van der Waals surface area contributed by atoms with Gasteiger partial charge in [0.2, 0.25) is 23.6 Å². The van der Waals surface area contributed by atoms with Crippen LogP contribution in [0.3, 0.4) is 0 Å². The Bertz CT molecular complexity index is 1610. The summed E-state index contributed by atoms with van der Waals surface area (Å²) < 4.78 is 16.7. The smallest absolute Gasteiger partial charge is 0.242 e. The summed E-state index contributed by atoms with van der Waals surface area (Å²) in [6.45, 7) is -1.39. The van der Waals surface area contributed by atoms with Crippen LogP contribution in [0.2, 0.25) is 0 Å². The van der Waals surface area contributed by atoms with Crippen LogP contribution >= 0.6 is 0 Å². The summed E-state index contributed by atoms with van der Waals surface area (Å²) in [4.78, 5) is 61.6. The van der Waals surface area contributed by atoms with Gasteiger partial charge in [0.05, 0.1) is 32.9 Å². The molecule has 20 nitrogen and oxygen atoms in total. The lowest BCUT2D eigenvalue weighted by Gasteiger charge is -2.47. The van der Waals surface area contributed by atoms with E-state index in [9.17, 15) is 54.9 Å². The summed E-state index contributed by atoms with van der Waals surface area (Å²) in [6, 6.07) is 17.9. The first kappa shape index (κ1) is 46.5. The van der Waals surface area contributed by atoms with Gasteiger partial charge in [-0.15, -0.1) is 0 Å². The molecule has 0 aliphatic carbocycles. The van der Waals surface area contributed by atoms with E-state index < -0.39 is 105 Å². The van der Waals surface area contributed by atoms with E-state index in [0.29, 0.717) is 0 Å². The van der Waals surface area contributed by atoms with E-state index in [4.69, 9.17) is 24.8 Å². The number of primary amides is 1.